The standard InChI is InChI=1S/C19H30O3.C14H23OP.C6H7P/c1-8-22-16(20)10-9-13-11-14(18(2,3)4)17(21)15(12-13)19(5,6)7;1-13(2,3)10-7-8-12(15-16)11(9-10)14(4,5)6;7-6-4-2-1-3-5-6/h11-12,21H,8-10H2,1-7H3;7-9H,16H2,1-6H3;1-5H,7H2. The lowest BCUT2D eigenvalue weighted by Gasteiger charge is -2.28. The lowest BCUT2D eigenvalue weighted by atomic mass is 9.78. The molecule has 0 radical (unpaired) electrons. The van der Waals surface area contributed by atoms with Crippen LogP contribution in [0.3, 0.4) is 0 Å². The summed E-state index contributed by atoms with van der Waals surface area (Å²) in [5.74, 6) is 1.15. The van der Waals surface area contributed by atoms with Crippen molar-refractivity contribution in [3.8, 4) is 11.5 Å². The number of aryl methyl sites for hydroxylation is 1. The Morgan fingerprint density at radius 2 is 1.20 bits per heavy atom. The van der Waals surface area contributed by atoms with Crippen LogP contribution >= 0.6 is 18.7 Å². The van der Waals surface area contributed by atoms with Crippen LogP contribution in [0, 0.1) is 0 Å². The van der Waals surface area contributed by atoms with E-state index in [0.29, 0.717) is 25.2 Å². The van der Waals surface area contributed by atoms with Crippen molar-refractivity contribution in [1.29, 1.82) is 0 Å². The zero-order valence-corrected chi connectivity index (χ0v) is 32.5. The fraction of sp³-hybridized carbons (Fsp3) is 0.513. The van der Waals surface area contributed by atoms with Crippen LogP contribution in [0.1, 0.15) is 124 Å². The normalized spacial score (nSPS) is 11.9. The minimum Gasteiger partial charge on any atom is -0.507 e. The van der Waals surface area contributed by atoms with Gasteiger partial charge < -0.3 is 14.4 Å². The Morgan fingerprint density at radius 1 is 0.711 bits per heavy atom. The van der Waals surface area contributed by atoms with E-state index < -0.39 is 0 Å². The minimum absolute atomic E-state index is 0.104. The molecule has 0 saturated carbocycles. The number of aromatic hydroxyl groups is 1. The molecule has 0 aliphatic rings. The molecule has 3 aromatic carbocycles. The number of carbonyl (C=O) groups excluding carboxylic acids is 1. The molecule has 3 aromatic rings. The first-order valence-corrected chi connectivity index (χ1v) is 16.9. The number of phenolic OH excluding ortho intramolecular Hbond substituents is 1. The number of ether oxygens (including phenoxy) is 1. The molecule has 3 rings (SSSR count). The maximum absolute atomic E-state index is 11.6. The lowest BCUT2D eigenvalue weighted by molar-refractivity contribution is -0.143. The Morgan fingerprint density at radius 3 is 1.56 bits per heavy atom. The molecule has 0 spiro atoms. The Bertz CT molecular complexity index is 1320. The van der Waals surface area contributed by atoms with Crippen LogP contribution in [0.2, 0.25) is 0 Å². The van der Waals surface area contributed by atoms with E-state index in [2.05, 4.69) is 120 Å². The van der Waals surface area contributed by atoms with Gasteiger partial charge in [0.1, 0.15) is 11.5 Å². The predicted molar refractivity (Wildman–Crippen MR) is 200 cm³/mol. The molecule has 45 heavy (non-hydrogen) atoms. The van der Waals surface area contributed by atoms with Gasteiger partial charge in [0.05, 0.1) is 16.1 Å². The van der Waals surface area contributed by atoms with Crippen molar-refractivity contribution in [1.82, 2.24) is 0 Å². The van der Waals surface area contributed by atoms with E-state index in [1.807, 2.05) is 49.4 Å². The minimum atomic E-state index is -0.176. The first kappa shape index (κ1) is 40.6. The van der Waals surface area contributed by atoms with Crippen molar-refractivity contribution in [3.63, 3.8) is 0 Å². The van der Waals surface area contributed by atoms with Crippen molar-refractivity contribution < 1.29 is 19.2 Å². The second-order valence-corrected chi connectivity index (χ2v) is 16.5. The molecule has 0 bridgehead atoms. The fourth-order valence-corrected chi connectivity index (χ4v) is 5.03. The predicted octanol–water partition coefficient (Wildman–Crippen LogP) is 10.1. The quantitative estimate of drug-likeness (QED) is 0.220. The van der Waals surface area contributed by atoms with Crippen molar-refractivity contribution in [2.24, 2.45) is 0 Å². The highest BCUT2D eigenvalue weighted by Crippen LogP contribution is 2.40. The van der Waals surface area contributed by atoms with Crippen molar-refractivity contribution in [2.75, 3.05) is 6.61 Å². The molecule has 0 saturated heterocycles. The van der Waals surface area contributed by atoms with E-state index in [0.717, 1.165) is 22.4 Å². The van der Waals surface area contributed by atoms with Crippen LogP contribution in [0.4, 0.5) is 0 Å². The monoisotopic (exact) mass is 654 g/mol. The third-order valence-corrected chi connectivity index (χ3v) is 7.93. The number of esters is 1. The second kappa shape index (κ2) is 16.9. The van der Waals surface area contributed by atoms with Gasteiger partial charge in [0.2, 0.25) is 0 Å². The molecular formula is C39H60O4P2. The summed E-state index contributed by atoms with van der Waals surface area (Å²) in [5, 5.41) is 11.9. The van der Waals surface area contributed by atoms with E-state index in [4.69, 9.17) is 9.26 Å². The van der Waals surface area contributed by atoms with Crippen LogP contribution in [0.5, 0.6) is 11.5 Å². The summed E-state index contributed by atoms with van der Waals surface area (Å²) in [6, 6.07) is 20.6. The third-order valence-electron chi connectivity index (χ3n) is 7.29. The van der Waals surface area contributed by atoms with Gasteiger partial charge in [-0.05, 0) is 68.6 Å². The molecule has 0 aliphatic heterocycles. The van der Waals surface area contributed by atoms with Gasteiger partial charge in [-0.3, -0.25) is 4.79 Å². The van der Waals surface area contributed by atoms with Gasteiger partial charge in [0.15, 0.2) is 0 Å². The third kappa shape index (κ3) is 13.9. The average molecular weight is 655 g/mol. The maximum atomic E-state index is 11.6. The molecular weight excluding hydrogens is 594 g/mol. The van der Waals surface area contributed by atoms with E-state index in [-0.39, 0.29) is 27.6 Å². The van der Waals surface area contributed by atoms with Gasteiger partial charge in [-0.25, -0.2) is 0 Å². The Hall–Kier alpha value is -2.41. The summed E-state index contributed by atoms with van der Waals surface area (Å²) in [6.07, 6.45) is 0.997. The zero-order valence-electron chi connectivity index (χ0n) is 30.2. The number of rotatable bonds is 5. The molecule has 6 heteroatoms. The summed E-state index contributed by atoms with van der Waals surface area (Å²) in [5.41, 5.74) is 5.53. The lowest BCUT2D eigenvalue weighted by Crippen LogP contribution is -2.18. The highest BCUT2D eigenvalue weighted by Gasteiger charge is 2.27. The first-order chi connectivity index (χ1) is 20.5. The van der Waals surface area contributed by atoms with Crippen LogP contribution in [0.15, 0.2) is 60.7 Å². The van der Waals surface area contributed by atoms with Gasteiger partial charge in [-0.15, -0.1) is 9.24 Å². The molecule has 0 aromatic heterocycles. The summed E-state index contributed by atoms with van der Waals surface area (Å²) >= 11 is 0. The zero-order chi connectivity index (χ0) is 34.8. The summed E-state index contributed by atoms with van der Waals surface area (Å²) in [6.45, 7) is 28.1. The molecule has 0 amide bonds. The van der Waals surface area contributed by atoms with E-state index in [1.165, 1.54) is 16.4 Å². The first-order valence-electron chi connectivity index (χ1n) is 15.9. The molecule has 0 aliphatic carbocycles. The van der Waals surface area contributed by atoms with Crippen LogP contribution in [-0.4, -0.2) is 17.7 Å². The van der Waals surface area contributed by atoms with Gasteiger partial charge >= 0.3 is 5.97 Å². The molecule has 250 valence electrons. The smallest absolute Gasteiger partial charge is 0.306 e. The average Bonchev–Trinajstić information content (AvgIpc) is 2.91. The second-order valence-electron chi connectivity index (χ2n) is 15.6. The molecule has 4 nitrogen and oxygen atoms in total. The SMILES string of the molecule is CC(C)(C)c1ccc(OP)c(C(C)(C)C)c1.CCOC(=O)CCc1cc(C(C)(C)C)c(O)c(C(C)(C)C)c1.Pc1ccccc1. The maximum Gasteiger partial charge on any atom is 0.306 e. The molecule has 1 N–H and O–H groups in total. The van der Waals surface area contributed by atoms with Crippen LogP contribution in [-0.2, 0) is 37.6 Å². The fourth-order valence-electron chi connectivity index (χ4n) is 4.60. The number of phenols is 1. The Kier molecular flexibility index (Phi) is 15.3. The van der Waals surface area contributed by atoms with E-state index >= 15 is 0 Å². The summed E-state index contributed by atoms with van der Waals surface area (Å²) < 4.78 is 10.4. The number of hydrogen-bond donors (Lipinski definition) is 1. The Balaban J connectivity index is 0.000000381. The van der Waals surface area contributed by atoms with E-state index in [1.54, 1.807) is 0 Å². The van der Waals surface area contributed by atoms with Crippen LogP contribution < -0.4 is 9.83 Å². The van der Waals surface area contributed by atoms with E-state index in [9.17, 15) is 9.90 Å². The summed E-state index contributed by atoms with van der Waals surface area (Å²) in [7, 11) is 4.96. The highest BCUT2D eigenvalue weighted by atomic mass is 31.0. The Labute approximate surface area is 279 Å². The largest absolute Gasteiger partial charge is 0.507 e. The van der Waals surface area contributed by atoms with Gasteiger partial charge in [-0.2, -0.15) is 0 Å². The number of benzene rings is 3. The topological polar surface area (TPSA) is 55.8 Å². The van der Waals surface area contributed by atoms with Crippen molar-refractivity contribution >= 4 is 30.0 Å². The summed E-state index contributed by atoms with van der Waals surface area (Å²) in [4.78, 5) is 11.6. The van der Waals surface area contributed by atoms with Gasteiger partial charge in [0, 0.05) is 12.0 Å². The number of hydrogen-bond acceptors (Lipinski definition) is 4. The van der Waals surface area contributed by atoms with Crippen LogP contribution in [0.25, 0.3) is 0 Å². The molecule has 2 atom stereocenters. The molecule has 2 unspecified atom stereocenters. The molecule has 0 heterocycles. The highest BCUT2D eigenvalue weighted by molar-refractivity contribution is 7.27. The number of carbonyl (C=O) groups is 1. The van der Waals surface area contributed by atoms with Gasteiger partial charge in [-0.1, -0.05) is 138 Å². The van der Waals surface area contributed by atoms with Crippen molar-refractivity contribution in [2.45, 2.75) is 125 Å². The van der Waals surface area contributed by atoms with Gasteiger partial charge in [0.25, 0.3) is 0 Å². The molecule has 0 fully saturated rings. The van der Waals surface area contributed by atoms with Crippen molar-refractivity contribution in [3.05, 3.63) is 88.5 Å².